The molecule has 0 spiro atoms. The number of hydrogen-bond acceptors (Lipinski definition) is 6. The second kappa shape index (κ2) is 8.99. The molecule has 2 aliphatic carbocycles. The number of anilines is 1. The minimum absolute atomic E-state index is 0.222. The van der Waals surface area contributed by atoms with E-state index in [0.29, 0.717) is 27.3 Å². The topological polar surface area (TPSA) is 89.5 Å². The normalized spacial score (nSPS) is 15.4. The van der Waals surface area contributed by atoms with Gasteiger partial charge in [-0.3, -0.25) is 14.4 Å². The van der Waals surface area contributed by atoms with Crippen molar-refractivity contribution in [3.05, 3.63) is 86.1 Å². The maximum atomic E-state index is 12.9. The van der Waals surface area contributed by atoms with Gasteiger partial charge in [-0.1, -0.05) is 30.7 Å². The van der Waals surface area contributed by atoms with Crippen LogP contribution in [0.4, 0.5) is 5.69 Å². The molecule has 34 heavy (non-hydrogen) atoms. The van der Waals surface area contributed by atoms with Crippen molar-refractivity contribution in [2.75, 3.05) is 5.32 Å². The summed E-state index contributed by atoms with van der Waals surface area (Å²) in [4.78, 5) is 52.7. The van der Waals surface area contributed by atoms with Crippen LogP contribution in [-0.2, 0) is 22.4 Å². The number of rotatable bonds is 4. The largest absolute Gasteiger partial charge is 0.448 e. The first kappa shape index (κ1) is 22.2. The number of thiophene rings is 1. The van der Waals surface area contributed by atoms with E-state index in [2.05, 4.69) is 5.32 Å². The molecule has 0 saturated heterocycles. The van der Waals surface area contributed by atoms with Gasteiger partial charge in [0.05, 0.1) is 0 Å². The Morgan fingerprint density at radius 3 is 2.32 bits per heavy atom. The second-order valence-corrected chi connectivity index (χ2v) is 9.76. The number of esters is 1. The number of amides is 1. The van der Waals surface area contributed by atoms with E-state index in [0.717, 1.165) is 25.7 Å². The first-order valence-corrected chi connectivity index (χ1v) is 12.2. The van der Waals surface area contributed by atoms with Crippen LogP contribution in [-0.4, -0.2) is 29.5 Å². The molecule has 1 unspecified atom stereocenters. The molecule has 172 valence electrons. The van der Waals surface area contributed by atoms with Gasteiger partial charge in [0.1, 0.15) is 4.88 Å². The number of nitrogens with one attached hydrogen (secondary N) is 1. The van der Waals surface area contributed by atoms with Crippen LogP contribution in [0.3, 0.4) is 0 Å². The molecule has 2 aromatic carbocycles. The molecule has 2 aliphatic rings. The van der Waals surface area contributed by atoms with Crippen LogP contribution in [0, 0.1) is 0 Å². The summed E-state index contributed by atoms with van der Waals surface area (Å²) in [5.41, 5.74) is 2.84. The highest BCUT2D eigenvalue weighted by Crippen LogP contribution is 2.31. The van der Waals surface area contributed by atoms with Gasteiger partial charge in [0.15, 0.2) is 17.7 Å². The zero-order valence-electron chi connectivity index (χ0n) is 18.7. The average molecular weight is 474 g/mol. The molecule has 0 fully saturated rings. The summed E-state index contributed by atoms with van der Waals surface area (Å²) < 4.78 is 5.42. The average Bonchev–Trinajstić information content (AvgIpc) is 3.13. The van der Waals surface area contributed by atoms with Gasteiger partial charge in [-0.2, -0.15) is 0 Å². The smallest absolute Gasteiger partial charge is 0.349 e. The molecule has 0 aliphatic heterocycles. The van der Waals surface area contributed by atoms with Crippen molar-refractivity contribution in [1.82, 2.24) is 0 Å². The molecular formula is C27H23NO5S. The van der Waals surface area contributed by atoms with E-state index in [4.69, 9.17) is 4.74 Å². The van der Waals surface area contributed by atoms with E-state index >= 15 is 0 Å². The summed E-state index contributed by atoms with van der Waals surface area (Å²) in [6.45, 7) is 1.51. The number of fused-ring (bicyclic) bond motifs is 3. The van der Waals surface area contributed by atoms with E-state index in [-0.39, 0.29) is 17.1 Å². The fourth-order valence-corrected chi connectivity index (χ4v) is 5.60. The number of hydrogen-bond donors (Lipinski definition) is 1. The minimum Gasteiger partial charge on any atom is -0.448 e. The van der Waals surface area contributed by atoms with Crippen molar-refractivity contribution >= 4 is 40.5 Å². The Morgan fingerprint density at radius 2 is 1.56 bits per heavy atom. The van der Waals surface area contributed by atoms with Crippen LogP contribution < -0.4 is 5.32 Å². The van der Waals surface area contributed by atoms with Gasteiger partial charge in [-0.05, 0) is 62.4 Å². The second-order valence-electron chi connectivity index (χ2n) is 8.62. The molecule has 5 rings (SSSR count). The number of ketones is 2. The van der Waals surface area contributed by atoms with E-state index in [1.54, 1.807) is 30.3 Å². The first-order valence-electron chi connectivity index (χ1n) is 11.4. The van der Waals surface area contributed by atoms with Gasteiger partial charge < -0.3 is 10.1 Å². The Balaban J connectivity index is 1.28. The lowest BCUT2D eigenvalue weighted by atomic mass is 9.84. The maximum absolute atomic E-state index is 12.9. The van der Waals surface area contributed by atoms with Crippen molar-refractivity contribution < 1.29 is 23.9 Å². The molecule has 0 saturated carbocycles. The van der Waals surface area contributed by atoms with Gasteiger partial charge in [-0.15, -0.1) is 11.3 Å². The number of carbonyl (C=O) groups excluding carboxylic acids is 4. The molecular weight excluding hydrogens is 450 g/mol. The Labute approximate surface area is 200 Å². The monoisotopic (exact) mass is 473 g/mol. The zero-order valence-corrected chi connectivity index (χ0v) is 19.5. The van der Waals surface area contributed by atoms with Crippen molar-refractivity contribution in [2.45, 2.75) is 45.1 Å². The Bertz CT molecular complexity index is 1320. The highest BCUT2D eigenvalue weighted by atomic mass is 32.1. The molecule has 1 amide bonds. The van der Waals surface area contributed by atoms with E-state index in [9.17, 15) is 19.2 Å². The number of benzene rings is 2. The SMILES string of the molecule is CC(OC(=O)c1cc2c(s1)CCCCC2)C(=O)Nc1ccc2c(c1)C(=O)c1ccccc1C2=O. The maximum Gasteiger partial charge on any atom is 0.349 e. The summed E-state index contributed by atoms with van der Waals surface area (Å²) in [6, 6.07) is 13.2. The Kier molecular flexibility index (Phi) is 5.87. The van der Waals surface area contributed by atoms with Gasteiger partial charge in [0.25, 0.3) is 5.91 Å². The highest BCUT2D eigenvalue weighted by molar-refractivity contribution is 7.14. The molecule has 1 heterocycles. The molecule has 3 aromatic rings. The predicted molar refractivity (Wildman–Crippen MR) is 129 cm³/mol. The van der Waals surface area contributed by atoms with Crippen LogP contribution in [0.15, 0.2) is 48.5 Å². The summed E-state index contributed by atoms with van der Waals surface area (Å²) in [6.07, 6.45) is 4.38. The van der Waals surface area contributed by atoms with Crippen molar-refractivity contribution in [3.8, 4) is 0 Å². The van der Waals surface area contributed by atoms with Crippen molar-refractivity contribution in [2.24, 2.45) is 0 Å². The third-order valence-corrected chi connectivity index (χ3v) is 7.51. The van der Waals surface area contributed by atoms with Gasteiger partial charge in [-0.25, -0.2) is 4.79 Å². The fourth-order valence-electron chi connectivity index (χ4n) is 4.46. The summed E-state index contributed by atoms with van der Waals surface area (Å²) in [7, 11) is 0. The highest BCUT2D eigenvalue weighted by Gasteiger charge is 2.30. The lowest BCUT2D eigenvalue weighted by Gasteiger charge is -2.19. The lowest BCUT2D eigenvalue weighted by Crippen LogP contribution is -2.30. The van der Waals surface area contributed by atoms with Crippen molar-refractivity contribution in [1.29, 1.82) is 0 Å². The fraction of sp³-hybridized carbons (Fsp3) is 0.259. The summed E-state index contributed by atoms with van der Waals surface area (Å²) in [5, 5.41) is 2.69. The quantitative estimate of drug-likeness (QED) is 0.334. The number of aryl methyl sites for hydroxylation is 2. The Hall–Kier alpha value is -3.58. The molecule has 0 bridgehead atoms. The van der Waals surface area contributed by atoms with Crippen LogP contribution >= 0.6 is 11.3 Å². The Morgan fingerprint density at radius 1 is 0.882 bits per heavy atom. The lowest BCUT2D eigenvalue weighted by molar-refractivity contribution is -0.123. The minimum atomic E-state index is -1.02. The van der Waals surface area contributed by atoms with Crippen LogP contribution in [0.25, 0.3) is 0 Å². The third-order valence-electron chi connectivity index (χ3n) is 6.29. The van der Waals surface area contributed by atoms with E-state index in [1.807, 2.05) is 6.07 Å². The van der Waals surface area contributed by atoms with Crippen LogP contribution in [0.1, 0.15) is 78.1 Å². The molecule has 7 heteroatoms. The van der Waals surface area contributed by atoms with Crippen LogP contribution in [0.2, 0.25) is 0 Å². The van der Waals surface area contributed by atoms with Crippen LogP contribution in [0.5, 0.6) is 0 Å². The summed E-state index contributed by atoms with van der Waals surface area (Å²) >= 11 is 1.45. The van der Waals surface area contributed by atoms with Gasteiger partial charge in [0, 0.05) is 32.8 Å². The van der Waals surface area contributed by atoms with E-state index < -0.39 is 18.0 Å². The first-order chi connectivity index (χ1) is 16.4. The van der Waals surface area contributed by atoms with E-state index in [1.165, 1.54) is 47.3 Å². The van der Waals surface area contributed by atoms with Gasteiger partial charge in [0.2, 0.25) is 0 Å². The molecule has 1 atom stereocenters. The summed E-state index contributed by atoms with van der Waals surface area (Å²) in [5.74, 6) is -1.51. The third kappa shape index (κ3) is 4.07. The standard InChI is InChI=1S/C27H23NO5S/c1-15(33-27(32)23-13-16-7-3-2-4-10-22(16)34-23)26(31)28-17-11-12-20-21(14-17)25(30)19-9-6-5-8-18(19)24(20)29/h5-6,8-9,11-15H,2-4,7,10H2,1H3,(H,28,31). The predicted octanol–water partition coefficient (Wildman–Crippen LogP) is 4.98. The number of carbonyl (C=O) groups is 4. The molecule has 0 radical (unpaired) electrons. The van der Waals surface area contributed by atoms with Gasteiger partial charge >= 0.3 is 5.97 Å². The zero-order chi connectivity index (χ0) is 23.8. The van der Waals surface area contributed by atoms with Crippen molar-refractivity contribution in [3.63, 3.8) is 0 Å². The molecule has 1 aromatic heterocycles. The molecule has 6 nitrogen and oxygen atoms in total. The molecule has 1 N–H and O–H groups in total. The number of ether oxygens (including phenoxy) is 1.